The van der Waals surface area contributed by atoms with Crippen LogP contribution in [0.5, 0.6) is 0 Å². The topological polar surface area (TPSA) is 55.4 Å². The molecule has 21 heavy (non-hydrogen) atoms. The second-order valence-corrected chi connectivity index (χ2v) is 8.00. The van der Waals surface area contributed by atoms with Crippen LogP contribution >= 0.6 is 11.6 Å². The van der Waals surface area contributed by atoms with Gasteiger partial charge in [-0.05, 0) is 39.3 Å². The summed E-state index contributed by atoms with van der Waals surface area (Å²) in [6.07, 6.45) is 0.334. The van der Waals surface area contributed by atoms with Crippen LogP contribution in [0.25, 0.3) is 0 Å². The Hall–Kier alpha value is -0.910. The molecule has 4 nitrogen and oxygen atoms in total. The summed E-state index contributed by atoms with van der Waals surface area (Å²) in [4.78, 5) is 12.1. The molecule has 0 aliphatic rings. The van der Waals surface area contributed by atoms with Gasteiger partial charge in [0.2, 0.25) is 0 Å². The summed E-state index contributed by atoms with van der Waals surface area (Å²) < 4.78 is 19.7. The minimum Gasteiger partial charge on any atom is -0.465 e. The lowest BCUT2D eigenvalue weighted by atomic mass is 10.1. The van der Waals surface area contributed by atoms with Crippen LogP contribution in [0.15, 0.2) is 24.3 Å². The molecule has 1 aromatic carbocycles. The Morgan fingerprint density at radius 3 is 2.52 bits per heavy atom. The van der Waals surface area contributed by atoms with Gasteiger partial charge in [-0.25, -0.2) is 8.93 Å². The third-order valence-electron chi connectivity index (χ3n) is 2.76. The molecule has 0 fully saturated rings. The summed E-state index contributed by atoms with van der Waals surface area (Å²) in [6.45, 7) is 7.54. The predicted octanol–water partition coefficient (Wildman–Crippen LogP) is 2.87. The van der Waals surface area contributed by atoms with Crippen LogP contribution in [0.1, 0.15) is 33.3 Å². The highest BCUT2D eigenvalue weighted by atomic mass is 35.5. The van der Waals surface area contributed by atoms with Crippen molar-refractivity contribution in [1.82, 2.24) is 4.72 Å². The minimum atomic E-state index is -1.37. The van der Waals surface area contributed by atoms with Gasteiger partial charge in [0.15, 0.2) is 0 Å². The molecule has 0 saturated heterocycles. The van der Waals surface area contributed by atoms with Crippen molar-refractivity contribution in [3.05, 3.63) is 34.9 Å². The van der Waals surface area contributed by atoms with E-state index in [1.807, 2.05) is 39.0 Å². The van der Waals surface area contributed by atoms with Gasteiger partial charge in [-0.15, -0.1) is 0 Å². The first kappa shape index (κ1) is 18.1. The van der Waals surface area contributed by atoms with E-state index in [1.165, 1.54) is 0 Å². The number of carbonyl (C=O) groups is 1. The molecule has 1 rings (SSSR count). The van der Waals surface area contributed by atoms with Gasteiger partial charge in [0.1, 0.15) is 6.04 Å². The molecule has 2 atom stereocenters. The number of nitrogens with one attached hydrogen (secondary N) is 1. The van der Waals surface area contributed by atoms with Crippen LogP contribution in [0.4, 0.5) is 0 Å². The normalized spacial score (nSPS) is 14.5. The fourth-order valence-electron chi connectivity index (χ4n) is 1.61. The van der Waals surface area contributed by atoms with Crippen molar-refractivity contribution in [2.24, 2.45) is 0 Å². The van der Waals surface area contributed by atoms with Crippen molar-refractivity contribution in [2.45, 2.75) is 44.9 Å². The van der Waals surface area contributed by atoms with E-state index >= 15 is 0 Å². The lowest BCUT2D eigenvalue weighted by Crippen LogP contribution is -2.45. The van der Waals surface area contributed by atoms with Crippen molar-refractivity contribution in [3.8, 4) is 0 Å². The number of carbonyl (C=O) groups excluding carboxylic acids is 1. The van der Waals surface area contributed by atoms with Crippen LogP contribution in [-0.2, 0) is 26.9 Å². The van der Waals surface area contributed by atoms with E-state index in [1.54, 1.807) is 13.0 Å². The second kappa shape index (κ2) is 7.92. The molecule has 0 heterocycles. The molecule has 6 heteroatoms. The number of hydrogen-bond donors (Lipinski definition) is 1. The van der Waals surface area contributed by atoms with Crippen LogP contribution in [0.3, 0.4) is 0 Å². The molecule has 0 bridgehead atoms. The predicted molar refractivity (Wildman–Crippen MR) is 86.6 cm³/mol. The van der Waals surface area contributed by atoms with Gasteiger partial charge < -0.3 is 4.74 Å². The quantitative estimate of drug-likeness (QED) is 0.815. The lowest BCUT2D eigenvalue weighted by molar-refractivity contribution is -0.145. The standard InChI is InChI=1S/C15H22ClNO3S/c1-5-20-14(18)13(17-21(19)15(2,3)4)10-11-8-6-7-9-12(11)16/h6-9,13,17H,5,10H2,1-4H3/t13?,21-/m0/s1. The number of benzene rings is 1. The van der Waals surface area contributed by atoms with Crippen LogP contribution in [0, 0.1) is 0 Å². The zero-order chi connectivity index (χ0) is 16.0. The maximum atomic E-state index is 12.2. The molecule has 0 saturated carbocycles. The molecule has 1 unspecified atom stereocenters. The molecular weight excluding hydrogens is 310 g/mol. The van der Waals surface area contributed by atoms with Crippen molar-refractivity contribution in [1.29, 1.82) is 0 Å². The van der Waals surface area contributed by atoms with Gasteiger partial charge in [0.05, 0.1) is 22.3 Å². The number of rotatable bonds is 6. The van der Waals surface area contributed by atoms with Gasteiger partial charge >= 0.3 is 5.97 Å². The molecule has 1 aromatic rings. The average Bonchev–Trinajstić information content (AvgIpc) is 2.39. The fourth-order valence-corrected chi connectivity index (χ4v) is 2.61. The summed E-state index contributed by atoms with van der Waals surface area (Å²) in [5, 5.41) is 0.579. The Kier molecular flexibility index (Phi) is 6.84. The van der Waals surface area contributed by atoms with Gasteiger partial charge in [-0.3, -0.25) is 4.79 Å². The molecule has 118 valence electrons. The number of ether oxygens (including phenoxy) is 1. The van der Waals surface area contributed by atoms with E-state index in [-0.39, 0.29) is 6.61 Å². The molecule has 1 N–H and O–H groups in total. The van der Waals surface area contributed by atoms with Crippen LogP contribution in [-0.4, -0.2) is 27.6 Å². The van der Waals surface area contributed by atoms with Crippen molar-refractivity contribution < 1.29 is 13.7 Å². The third kappa shape index (κ3) is 5.77. The highest BCUT2D eigenvalue weighted by Gasteiger charge is 2.28. The van der Waals surface area contributed by atoms with Crippen molar-refractivity contribution >= 4 is 28.6 Å². The number of hydrogen-bond acceptors (Lipinski definition) is 3. The summed E-state index contributed by atoms with van der Waals surface area (Å²) in [7, 11) is -1.37. The highest BCUT2D eigenvalue weighted by molar-refractivity contribution is 7.84. The smallest absolute Gasteiger partial charge is 0.324 e. The zero-order valence-corrected chi connectivity index (χ0v) is 14.4. The fraction of sp³-hybridized carbons (Fsp3) is 0.533. The Morgan fingerprint density at radius 2 is 2.00 bits per heavy atom. The molecule has 0 radical (unpaired) electrons. The van der Waals surface area contributed by atoms with E-state index in [0.29, 0.717) is 11.4 Å². The largest absolute Gasteiger partial charge is 0.465 e. The van der Waals surface area contributed by atoms with Crippen molar-refractivity contribution in [2.75, 3.05) is 6.61 Å². The lowest BCUT2D eigenvalue weighted by Gasteiger charge is -2.23. The first-order valence-electron chi connectivity index (χ1n) is 6.83. The van der Waals surface area contributed by atoms with Gasteiger partial charge in [-0.2, -0.15) is 0 Å². The highest BCUT2D eigenvalue weighted by Crippen LogP contribution is 2.18. The SMILES string of the molecule is CCOC(=O)C(Cc1ccccc1Cl)N[S@@](=O)C(C)(C)C. The summed E-state index contributed by atoms with van der Waals surface area (Å²) >= 11 is 6.12. The average molecular weight is 332 g/mol. The Morgan fingerprint density at radius 1 is 1.38 bits per heavy atom. The summed E-state index contributed by atoms with van der Waals surface area (Å²) in [5.74, 6) is -0.421. The van der Waals surface area contributed by atoms with E-state index in [4.69, 9.17) is 16.3 Å². The summed E-state index contributed by atoms with van der Waals surface area (Å²) in [6, 6.07) is 6.59. The molecule has 0 amide bonds. The Balaban J connectivity index is 2.90. The molecule has 0 aromatic heterocycles. The van der Waals surface area contributed by atoms with E-state index < -0.39 is 27.7 Å². The molecule has 0 spiro atoms. The first-order chi connectivity index (χ1) is 9.75. The second-order valence-electron chi connectivity index (χ2n) is 5.60. The van der Waals surface area contributed by atoms with E-state index in [2.05, 4.69) is 4.72 Å². The Labute approximate surface area is 133 Å². The maximum absolute atomic E-state index is 12.2. The minimum absolute atomic E-state index is 0.279. The monoisotopic (exact) mass is 331 g/mol. The van der Waals surface area contributed by atoms with Crippen LogP contribution in [0.2, 0.25) is 5.02 Å². The Bertz CT molecular complexity index is 514. The van der Waals surface area contributed by atoms with Gasteiger partial charge in [-0.1, -0.05) is 29.8 Å². The van der Waals surface area contributed by atoms with Crippen LogP contribution < -0.4 is 4.72 Å². The molecule has 0 aliphatic carbocycles. The maximum Gasteiger partial charge on any atom is 0.324 e. The third-order valence-corrected chi connectivity index (χ3v) is 4.74. The van der Waals surface area contributed by atoms with Gasteiger partial charge in [0.25, 0.3) is 0 Å². The van der Waals surface area contributed by atoms with E-state index in [0.717, 1.165) is 5.56 Å². The molecule has 0 aliphatic heterocycles. The van der Waals surface area contributed by atoms with Crippen molar-refractivity contribution in [3.63, 3.8) is 0 Å². The zero-order valence-electron chi connectivity index (χ0n) is 12.8. The first-order valence-corrected chi connectivity index (χ1v) is 8.36. The summed E-state index contributed by atoms with van der Waals surface area (Å²) in [5.41, 5.74) is 0.815. The number of esters is 1. The van der Waals surface area contributed by atoms with Gasteiger partial charge in [0, 0.05) is 11.4 Å². The van der Waals surface area contributed by atoms with E-state index in [9.17, 15) is 9.00 Å². The molecular formula is C15H22ClNO3S. The number of halogens is 1.